The molecular formula is C26H34N2O5S. The second-order valence-corrected chi connectivity index (χ2v) is 10.6. The molecular weight excluding hydrogens is 452 g/mol. The molecule has 1 saturated heterocycles. The van der Waals surface area contributed by atoms with Gasteiger partial charge in [-0.1, -0.05) is 31.0 Å². The molecule has 3 atom stereocenters. The number of fused-ring (bicyclic) bond motifs is 1. The number of thiophene rings is 1. The minimum Gasteiger partial charge on any atom is -0.496 e. The van der Waals surface area contributed by atoms with E-state index in [1.807, 2.05) is 38.1 Å². The molecule has 1 aromatic carbocycles. The first-order chi connectivity index (χ1) is 16.3. The van der Waals surface area contributed by atoms with E-state index in [0.29, 0.717) is 23.5 Å². The molecule has 4 rings (SSSR count). The normalized spacial score (nSPS) is 24.9. The van der Waals surface area contributed by atoms with Gasteiger partial charge in [0.15, 0.2) is 0 Å². The SMILES string of the molecule is COC(=O)c1c(NC(=O)CN2CC[C@@]3(O)CCCC[C@H]3[C@@H]2c2ccccc2OC)sc(C)c1C. The summed E-state index contributed by atoms with van der Waals surface area (Å²) in [5, 5.41) is 15.0. The highest BCUT2D eigenvalue weighted by Gasteiger charge is 2.49. The largest absolute Gasteiger partial charge is 0.496 e. The number of nitrogens with one attached hydrogen (secondary N) is 1. The summed E-state index contributed by atoms with van der Waals surface area (Å²) in [5.41, 5.74) is 1.52. The predicted octanol–water partition coefficient (Wildman–Crippen LogP) is 4.47. The van der Waals surface area contributed by atoms with Gasteiger partial charge in [0.2, 0.25) is 5.91 Å². The summed E-state index contributed by atoms with van der Waals surface area (Å²) in [6.07, 6.45) is 4.43. The van der Waals surface area contributed by atoms with Gasteiger partial charge in [-0.05, 0) is 44.7 Å². The average molecular weight is 487 g/mol. The van der Waals surface area contributed by atoms with Gasteiger partial charge >= 0.3 is 5.97 Å². The van der Waals surface area contributed by atoms with Crippen molar-refractivity contribution in [3.05, 3.63) is 45.8 Å². The van der Waals surface area contributed by atoms with Crippen LogP contribution >= 0.6 is 11.3 Å². The number of carbonyl (C=O) groups excluding carboxylic acids is 2. The third kappa shape index (κ3) is 4.59. The fourth-order valence-corrected chi connectivity index (χ4v) is 6.72. The molecule has 2 fully saturated rings. The first-order valence-corrected chi connectivity index (χ1v) is 12.7. The molecule has 0 bridgehead atoms. The van der Waals surface area contributed by atoms with Crippen molar-refractivity contribution < 1.29 is 24.2 Å². The van der Waals surface area contributed by atoms with Crippen molar-refractivity contribution >= 4 is 28.2 Å². The maximum atomic E-state index is 13.2. The van der Waals surface area contributed by atoms with Gasteiger partial charge < -0.3 is 19.9 Å². The Morgan fingerprint density at radius 1 is 1.21 bits per heavy atom. The van der Waals surface area contributed by atoms with Crippen LogP contribution in [0.25, 0.3) is 0 Å². The number of aryl methyl sites for hydroxylation is 1. The van der Waals surface area contributed by atoms with Crippen LogP contribution < -0.4 is 10.1 Å². The zero-order valence-electron chi connectivity index (χ0n) is 20.3. The number of nitrogens with zero attached hydrogens (tertiary/aromatic N) is 1. The molecule has 0 spiro atoms. The Hall–Kier alpha value is -2.42. The lowest BCUT2D eigenvalue weighted by Crippen LogP contribution is -2.56. The molecule has 1 amide bonds. The van der Waals surface area contributed by atoms with Crippen LogP contribution in [0.5, 0.6) is 5.75 Å². The van der Waals surface area contributed by atoms with Crippen molar-refractivity contribution in [2.75, 3.05) is 32.6 Å². The van der Waals surface area contributed by atoms with Crippen LogP contribution in [0, 0.1) is 19.8 Å². The number of likely N-dealkylation sites (tertiary alicyclic amines) is 1. The van der Waals surface area contributed by atoms with Crippen molar-refractivity contribution in [2.45, 2.75) is 57.6 Å². The van der Waals surface area contributed by atoms with Gasteiger partial charge in [0, 0.05) is 28.9 Å². The van der Waals surface area contributed by atoms with Gasteiger partial charge in [-0.25, -0.2) is 4.79 Å². The number of piperidine rings is 1. The van der Waals surface area contributed by atoms with Crippen molar-refractivity contribution in [2.24, 2.45) is 5.92 Å². The number of aliphatic hydroxyl groups is 1. The number of rotatable bonds is 6. The lowest BCUT2D eigenvalue weighted by Gasteiger charge is -2.52. The Kier molecular flexibility index (Phi) is 7.31. The maximum Gasteiger partial charge on any atom is 0.341 e. The fraction of sp³-hybridized carbons (Fsp3) is 0.538. The topological polar surface area (TPSA) is 88.1 Å². The summed E-state index contributed by atoms with van der Waals surface area (Å²) in [4.78, 5) is 28.7. The highest BCUT2D eigenvalue weighted by atomic mass is 32.1. The maximum absolute atomic E-state index is 13.2. The molecule has 184 valence electrons. The van der Waals surface area contributed by atoms with E-state index in [0.717, 1.165) is 47.4 Å². The summed E-state index contributed by atoms with van der Waals surface area (Å²) in [7, 11) is 3.00. The summed E-state index contributed by atoms with van der Waals surface area (Å²) in [6, 6.07) is 7.75. The fourth-order valence-electron chi connectivity index (χ4n) is 5.66. The molecule has 34 heavy (non-hydrogen) atoms. The van der Waals surface area contributed by atoms with Crippen LogP contribution in [0.1, 0.15) is 64.5 Å². The molecule has 1 aromatic heterocycles. The molecule has 0 radical (unpaired) electrons. The van der Waals surface area contributed by atoms with Gasteiger partial charge in [-0.15, -0.1) is 11.3 Å². The van der Waals surface area contributed by atoms with Crippen molar-refractivity contribution in [1.29, 1.82) is 0 Å². The minimum absolute atomic E-state index is 0.0240. The second-order valence-electron chi connectivity index (χ2n) is 9.39. The number of carbonyl (C=O) groups is 2. The van der Waals surface area contributed by atoms with E-state index in [4.69, 9.17) is 9.47 Å². The molecule has 7 nitrogen and oxygen atoms in total. The summed E-state index contributed by atoms with van der Waals surface area (Å²) >= 11 is 1.38. The van der Waals surface area contributed by atoms with Gasteiger partial charge in [0.25, 0.3) is 0 Å². The van der Waals surface area contributed by atoms with Crippen LogP contribution in [0.3, 0.4) is 0 Å². The van der Waals surface area contributed by atoms with Gasteiger partial charge in [0.1, 0.15) is 10.8 Å². The Morgan fingerprint density at radius 3 is 2.71 bits per heavy atom. The van der Waals surface area contributed by atoms with Crippen molar-refractivity contribution in [1.82, 2.24) is 4.90 Å². The van der Waals surface area contributed by atoms with E-state index in [9.17, 15) is 14.7 Å². The number of benzene rings is 1. The number of esters is 1. The second kappa shape index (κ2) is 10.1. The number of hydrogen-bond donors (Lipinski definition) is 2. The third-order valence-electron chi connectivity index (χ3n) is 7.50. The number of amides is 1. The van der Waals surface area contributed by atoms with E-state index >= 15 is 0 Å². The third-order valence-corrected chi connectivity index (χ3v) is 8.63. The van der Waals surface area contributed by atoms with Gasteiger partial charge in [-0.3, -0.25) is 9.69 Å². The van der Waals surface area contributed by atoms with Crippen LogP contribution in [0.2, 0.25) is 0 Å². The summed E-state index contributed by atoms with van der Waals surface area (Å²) in [5.74, 6) is 0.156. The summed E-state index contributed by atoms with van der Waals surface area (Å²) < 4.78 is 10.6. The number of methoxy groups -OCH3 is 2. The van der Waals surface area contributed by atoms with Crippen molar-refractivity contribution in [3.63, 3.8) is 0 Å². The Morgan fingerprint density at radius 2 is 1.97 bits per heavy atom. The van der Waals surface area contributed by atoms with Crippen LogP contribution in [0.15, 0.2) is 24.3 Å². The zero-order valence-corrected chi connectivity index (χ0v) is 21.2. The lowest BCUT2D eigenvalue weighted by molar-refractivity contribution is -0.135. The molecule has 8 heteroatoms. The van der Waals surface area contributed by atoms with Crippen molar-refractivity contribution in [3.8, 4) is 5.75 Å². The molecule has 2 aromatic rings. The predicted molar refractivity (Wildman–Crippen MR) is 133 cm³/mol. The number of ether oxygens (including phenoxy) is 2. The van der Waals surface area contributed by atoms with Gasteiger partial charge in [-0.2, -0.15) is 0 Å². The highest BCUT2D eigenvalue weighted by molar-refractivity contribution is 7.16. The molecule has 1 saturated carbocycles. The van der Waals surface area contributed by atoms with Crippen LogP contribution in [-0.2, 0) is 9.53 Å². The summed E-state index contributed by atoms with van der Waals surface area (Å²) in [6.45, 7) is 4.55. The van der Waals surface area contributed by atoms with E-state index in [1.54, 1.807) is 7.11 Å². The quantitative estimate of drug-likeness (QED) is 0.586. The number of hydrogen-bond acceptors (Lipinski definition) is 7. The molecule has 2 N–H and O–H groups in total. The molecule has 2 aliphatic rings. The van der Waals surface area contributed by atoms with Crippen LogP contribution in [-0.4, -0.2) is 54.8 Å². The van der Waals surface area contributed by atoms with Crippen LogP contribution in [0.4, 0.5) is 5.00 Å². The monoisotopic (exact) mass is 486 g/mol. The molecule has 1 aliphatic heterocycles. The Balaban J connectivity index is 1.62. The molecule has 0 unspecified atom stereocenters. The average Bonchev–Trinajstić information content (AvgIpc) is 3.11. The zero-order chi connectivity index (χ0) is 24.5. The minimum atomic E-state index is -0.725. The number of para-hydroxylation sites is 1. The smallest absolute Gasteiger partial charge is 0.341 e. The first-order valence-electron chi connectivity index (χ1n) is 11.9. The Labute approximate surface area is 205 Å². The lowest BCUT2D eigenvalue weighted by atomic mass is 9.66. The van der Waals surface area contributed by atoms with Gasteiger partial charge in [0.05, 0.1) is 31.9 Å². The molecule has 1 aliphatic carbocycles. The van der Waals surface area contributed by atoms with E-state index in [1.165, 1.54) is 18.4 Å². The Bertz CT molecular complexity index is 1070. The van der Waals surface area contributed by atoms with E-state index in [-0.39, 0.29) is 24.4 Å². The van der Waals surface area contributed by atoms with E-state index < -0.39 is 11.6 Å². The number of anilines is 1. The van der Waals surface area contributed by atoms with E-state index in [2.05, 4.69) is 10.2 Å². The molecule has 2 heterocycles. The standard InChI is InChI=1S/C26H34N2O5S/c1-16-17(2)34-24(22(16)25(30)33-4)27-21(29)15-28-14-13-26(31)12-8-7-10-19(26)23(28)18-9-5-6-11-20(18)32-3/h5-6,9,11,19,23,31H,7-8,10,12-15H2,1-4H3,(H,27,29)/t19-,23-,26-/m0/s1. The first kappa shape index (κ1) is 24.7. The highest BCUT2D eigenvalue weighted by Crippen LogP contribution is 2.50.